The smallest absolute Gasteiger partial charge is 0.0586 e. The predicted molar refractivity (Wildman–Crippen MR) is 67.5 cm³/mol. The van der Waals surface area contributed by atoms with Crippen LogP contribution < -0.4 is 5.32 Å². The van der Waals surface area contributed by atoms with E-state index in [9.17, 15) is 5.11 Å². The van der Waals surface area contributed by atoms with Crippen molar-refractivity contribution < 1.29 is 5.11 Å². The van der Waals surface area contributed by atoms with Crippen LogP contribution in [0.3, 0.4) is 0 Å². The van der Waals surface area contributed by atoms with Crippen LogP contribution >= 0.6 is 0 Å². The van der Waals surface area contributed by atoms with Crippen molar-refractivity contribution in [1.82, 2.24) is 5.32 Å². The molecule has 94 valence electrons. The fourth-order valence-electron chi connectivity index (χ4n) is 3.80. The minimum Gasteiger partial charge on any atom is -0.393 e. The third-order valence-corrected chi connectivity index (χ3v) is 4.69. The molecule has 1 aliphatic carbocycles. The van der Waals surface area contributed by atoms with E-state index in [0.29, 0.717) is 11.5 Å². The SMILES string of the molecule is CCCC[C@@H]1[C@H](O)CCCC12CCCCN2. The molecule has 16 heavy (non-hydrogen) atoms. The molecule has 0 radical (unpaired) electrons. The Hall–Kier alpha value is -0.0800. The number of hydrogen-bond donors (Lipinski definition) is 2. The van der Waals surface area contributed by atoms with E-state index in [1.54, 1.807) is 0 Å². The molecule has 2 N–H and O–H groups in total. The minimum absolute atomic E-state index is 0.0501. The fraction of sp³-hybridized carbons (Fsp3) is 1.00. The van der Waals surface area contributed by atoms with Gasteiger partial charge in [-0.25, -0.2) is 0 Å². The van der Waals surface area contributed by atoms with Gasteiger partial charge in [-0.15, -0.1) is 0 Å². The quantitative estimate of drug-likeness (QED) is 0.774. The van der Waals surface area contributed by atoms with Gasteiger partial charge in [-0.05, 0) is 45.1 Å². The Kier molecular flexibility index (Phi) is 4.26. The van der Waals surface area contributed by atoms with Crippen LogP contribution in [0.2, 0.25) is 0 Å². The highest BCUT2D eigenvalue weighted by atomic mass is 16.3. The minimum atomic E-state index is -0.0501. The molecule has 2 fully saturated rings. The van der Waals surface area contributed by atoms with Gasteiger partial charge in [0, 0.05) is 11.5 Å². The third kappa shape index (κ3) is 2.43. The average molecular weight is 225 g/mol. The van der Waals surface area contributed by atoms with Crippen molar-refractivity contribution >= 4 is 0 Å². The van der Waals surface area contributed by atoms with E-state index in [4.69, 9.17) is 0 Å². The lowest BCUT2D eigenvalue weighted by Gasteiger charge is -2.50. The molecule has 2 nitrogen and oxygen atoms in total. The normalized spacial score (nSPS) is 40.1. The predicted octanol–water partition coefficient (Wildman–Crippen LogP) is 2.85. The maximum atomic E-state index is 10.3. The maximum absolute atomic E-state index is 10.3. The molecule has 2 aliphatic rings. The molecule has 3 atom stereocenters. The van der Waals surface area contributed by atoms with Crippen molar-refractivity contribution in [3.63, 3.8) is 0 Å². The molecule has 1 heterocycles. The number of hydrogen-bond acceptors (Lipinski definition) is 2. The van der Waals surface area contributed by atoms with Gasteiger partial charge in [-0.3, -0.25) is 0 Å². The molecule has 0 bridgehead atoms. The monoisotopic (exact) mass is 225 g/mol. The Labute approximate surface area is 99.8 Å². The first-order chi connectivity index (χ1) is 7.78. The van der Waals surface area contributed by atoms with Crippen molar-refractivity contribution in [2.45, 2.75) is 76.4 Å². The molecule has 2 heteroatoms. The van der Waals surface area contributed by atoms with Crippen LogP contribution in [0.5, 0.6) is 0 Å². The second-order valence-electron chi connectivity index (χ2n) is 5.75. The van der Waals surface area contributed by atoms with E-state index < -0.39 is 0 Å². The summed E-state index contributed by atoms with van der Waals surface area (Å²) >= 11 is 0. The lowest BCUT2D eigenvalue weighted by atomic mass is 9.65. The van der Waals surface area contributed by atoms with Gasteiger partial charge in [0.1, 0.15) is 0 Å². The first kappa shape index (κ1) is 12.4. The van der Waals surface area contributed by atoms with E-state index >= 15 is 0 Å². The topological polar surface area (TPSA) is 32.3 Å². The van der Waals surface area contributed by atoms with Gasteiger partial charge in [0.15, 0.2) is 0 Å². The average Bonchev–Trinajstić information content (AvgIpc) is 2.30. The lowest BCUT2D eigenvalue weighted by molar-refractivity contribution is -0.0166. The summed E-state index contributed by atoms with van der Waals surface area (Å²) in [5.74, 6) is 0.515. The first-order valence-electron chi connectivity index (χ1n) is 7.21. The molecule has 0 aromatic carbocycles. The number of unbranched alkanes of at least 4 members (excludes halogenated alkanes) is 1. The molecular weight excluding hydrogens is 198 g/mol. The van der Waals surface area contributed by atoms with Crippen molar-refractivity contribution in [3.05, 3.63) is 0 Å². The Morgan fingerprint density at radius 2 is 2.06 bits per heavy atom. The van der Waals surface area contributed by atoms with Crippen LogP contribution in [0.15, 0.2) is 0 Å². The van der Waals surface area contributed by atoms with Crippen molar-refractivity contribution in [3.8, 4) is 0 Å². The van der Waals surface area contributed by atoms with Crippen LogP contribution in [-0.2, 0) is 0 Å². The van der Waals surface area contributed by atoms with Gasteiger partial charge >= 0.3 is 0 Å². The number of nitrogens with one attached hydrogen (secondary N) is 1. The maximum Gasteiger partial charge on any atom is 0.0586 e. The second kappa shape index (κ2) is 5.50. The van der Waals surface area contributed by atoms with E-state index in [2.05, 4.69) is 12.2 Å². The van der Waals surface area contributed by atoms with Gasteiger partial charge in [-0.2, -0.15) is 0 Å². The lowest BCUT2D eigenvalue weighted by Crippen LogP contribution is -2.59. The highest BCUT2D eigenvalue weighted by Crippen LogP contribution is 2.41. The van der Waals surface area contributed by atoms with Crippen LogP contribution in [-0.4, -0.2) is 23.3 Å². The van der Waals surface area contributed by atoms with E-state index in [-0.39, 0.29) is 6.10 Å². The Balaban J connectivity index is 2.05. The van der Waals surface area contributed by atoms with Crippen LogP contribution in [0.1, 0.15) is 64.7 Å². The van der Waals surface area contributed by atoms with Crippen LogP contribution in [0.4, 0.5) is 0 Å². The molecule has 0 amide bonds. The van der Waals surface area contributed by atoms with Gasteiger partial charge in [-0.1, -0.05) is 26.2 Å². The summed E-state index contributed by atoms with van der Waals surface area (Å²) in [5.41, 5.74) is 0.297. The summed E-state index contributed by atoms with van der Waals surface area (Å²) in [5, 5.41) is 14.0. The summed E-state index contributed by atoms with van der Waals surface area (Å²) in [6.45, 7) is 3.41. The van der Waals surface area contributed by atoms with Gasteiger partial charge in [0.2, 0.25) is 0 Å². The molecule has 0 aromatic rings. The van der Waals surface area contributed by atoms with Crippen molar-refractivity contribution in [2.75, 3.05) is 6.54 Å². The zero-order valence-electron chi connectivity index (χ0n) is 10.7. The van der Waals surface area contributed by atoms with Gasteiger partial charge in [0.25, 0.3) is 0 Å². The van der Waals surface area contributed by atoms with Gasteiger partial charge < -0.3 is 10.4 Å². The van der Waals surface area contributed by atoms with Crippen LogP contribution in [0.25, 0.3) is 0 Å². The fourth-order valence-corrected chi connectivity index (χ4v) is 3.80. The largest absolute Gasteiger partial charge is 0.393 e. The number of aliphatic hydroxyl groups is 1. The Morgan fingerprint density at radius 1 is 1.25 bits per heavy atom. The first-order valence-corrected chi connectivity index (χ1v) is 7.21. The molecule has 1 saturated heterocycles. The standard InChI is InChI=1S/C14H27NO/c1-2-3-7-12-13(16)8-6-10-14(12)9-4-5-11-15-14/h12-13,15-16H,2-11H2,1H3/t12-,13-,14?/m1/s1. The van der Waals surface area contributed by atoms with E-state index in [1.807, 2.05) is 0 Å². The highest BCUT2D eigenvalue weighted by Gasteiger charge is 2.44. The molecule has 1 aliphatic heterocycles. The van der Waals surface area contributed by atoms with Gasteiger partial charge in [0.05, 0.1) is 6.10 Å². The summed E-state index contributed by atoms with van der Waals surface area (Å²) < 4.78 is 0. The molecular formula is C14H27NO. The summed E-state index contributed by atoms with van der Waals surface area (Å²) in [6, 6.07) is 0. The number of piperidine rings is 1. The van der Waals surface area contributed by atoms with Crippen molar-refractivity contribution in [1.29, 1.82) is 0 Å². The number of rotatable bonds is 3. The summed E-state index contributed by atoms with van der Waals surface area (Å²) in [4.78, 5) is 0. The highest BCUT2D eigenvalue weighted by molar-refractivity contribution is 5.01. The molecule has 1 saturated carbocycles. The molecule has 1 unspecified atom stereocenters. The Bertz CT molecular complexity index is 205. The zero-order valence-corrected chi connectivity index (χ0v) is 10.7. The zero-order chi connectivity index (χ0) is 11.4. The van der Waals surface area contributed by atoms with E-state index in [0.717, 1.165) is 13.0 Å². The van der Waals surface area contributed by atoms with Crippen molar-refractivity contribution in [2.24, 2.45) is 5.92 Å². The second-order valence-corrected chi connectivity index (χ2v) is 5.75. The number of aliphatic hydroxyl groups excluding tert-OH is 1. The van der Waals surface area contributed by atoms with E-state index in [1.165, 1.54) is 51.4 Å². The molecule has 1 spiro atoms. The summed E-state index contributed by atoms with van der Waals surface area (Å²) in [7, 11) is 0. The van der Waals surface area contributed by atoms with Crippen LogP contribution in [0, 0.1) is 5.92 Å². The third-order valence-electron chi connectivity index (χ3n) is 4.69. The molecule has 2 rings (SSSR count). The Morgan fingerprint density at radius 3 is 2.75 bits per heavy atom. The molecule has 0 aromatic heterocycles. The summed E-state index contributed by atoms with van der Waals surface area (Å²) in [6.07, 6.45) is 11.2.